The first-order chi connectivity index (χ1) is 10.0. The van der Waals surface area contributed by atoms with Crippen molar-refractivity contribution in [2.24, 2.45) is 5.92 Å². The summed E-state index contributed by atoms with van der Waals surface area (Å²) < 4.78 is 5.38. The summed E-state index contributed by atoms with van der Waals surface area (Å²) in [6.45, 7) is 7.33. The number of hydrogen-bond donors (Lipinski definition) is 3. The summed E-state index contributed by atoms with van der Waals surface area (Å²) in [6, 6.07) is 7.34. The van der Waals surface area contributed by atoms with Gasteiger partial charge in [-0.25, -0.2) is 4.79 Å². The molecule has 0 aliphatic rings. The van der Waals surface area contributed by atoms with Gasteiger partial charge in [0.05, 0.1) is 12.7 Å². The molecule has 2 atom stereocenters. The zero-order chi connectivity index (χ0) is 15.7. The molecule has 5 nitrogen and oxygen atoms in total. The van der Waals surface area contributed by atoms with Crippen molar-refractivity contribution in [1.29, 1.82) is 0 Å². The van der Waals surface area contributed by atoms with Crippen LogP contribution in [0.15, 0.2) is 24.3 Å². The number of carbonyl (C=O) groups excluding carboxylic acids is 1. The second kappa shape index (κ2) is 9.37. The largest absolute Gasteiger partial charge is 0.393 e. The van der Waals surface area contributed by atoms with E-state index in [0.29, 0.717) is 26.2 Å². The van der Waals surface area contributed by atoms with Gasteiger partial charge in [-0.15, -0.1) is 0 Å². The molecular formula is C16H26N2O3. The van der Waals surface area contributed by atoms with Crippen LogP contribution in [0.5, 0.6) is 0 Å². The van der Waals surface area contributed by atoms with E-state index in [9.17, 15) is 9.90 Å². The minimum absolute atomic E-state index is 0.231. The van der Waals surface area contributed by atoms with Crippen LogP contribution in [0.4, 0.5) is 10.5 Å². The Kier molecular flexibility index (Phi) is 7.79. The Balaban J connectivity index is 2.47. The fraction of sp³-hybridized carbons (Fsp3) is 0.562. The molecule has 2 unspecified atom stereocenters. The zero-order valence-corrected chi connectivity index (χ0v) is 13.1. The normalized spacial score (nSPS) is 13.5. The number of hydrogen-bond acceptors (Lipinski definition) is 3. The van der Waals surface area contributed by atoms with Crippen LogP contribution in [0, 0.1) is 5.92 Å². The van der Waals surface area contributed by atoms with Gasteiger partial charge in [-0.05, 0) is 32.3 Å². The standard InChI is InChI=1S/C16H26N2O3/c1-4-21-11-14-7-5-6-8-15(14)18-16(20)17-10-12(2)9-13(3)19/h5-8,12-13,19H,4,9-11H2,1-3H3,(H2,17,18,20). The first-order valence-electron chi connectivity index (χ1n) is 7.41. The molecule has 0 fully saturated rings. The minimum Gasteiger partial charge on any atom is -0.393 e. The molecule has 0 saturated carbocycles. The van der Waals surface area contributed by atoms with E-state index in [-0.39, 0.29) is 18.1 Å². The third kappa shape index (κ3) is 7.11. The van der Waals surface area contributed by atoms with E-state index < -0.39 is 0 Å². The fourth-order valence-electron chi connectivity index (χ4n) is 2.08. The molecule has 1 rings (SSSR count). The van der Waals surface area contributed by atoms with E-state index in [0.717, 1.165) is 11.3 Å². The number of benzene rings is 1. The SMILES string of the molecule is CCOCc1ccccc1NC(=O)NCC(C)CC(C)O. The molecule has 1 aromatic carbocycles. The van der Waals surface area contributed by atoms with Gasteiger partial charge in [0, 0.05) is 24.4 Å². The first kappa shape index (κ1) is 17.5. The van der Waals surface area contributed by atoms with Gasteiger partial charge in [0.1, 0.15) is 0 Å². The molecule has 3 N–H and O–H groups in total. The molecule has 0 radical (unpaired) electrons. The van der Waals surface area contributed by atoms with Crippen molar-refractivity contribution in [3.63, 3.8) is 0 Å². The lowest BCUT2D eigenvalue weighted by Gasteiger charge is -2.16. The van der Waals surface area contributed by atoms with Crippen LogP contribution >= 0.6 is 0 Å². The smallest absolute Gasteiger partial charge is 0.319 e. The van der Waals surface area contributed by atoms with Crippen LogP contribution in [0.25, 0.3) is 0 Å². The second-order valence-electron chi connectivity index (χ2n) is 5.32. The molecule has 0 saturated heterocycles. The highest BCUT2D eigenvalue weighted by Crippen LogP contribution is 2.16. The molecular weight excluding hydrogens is 268 g/mol. The van der Waals surface area contributed by atoms with Crippen LogP contribution in [-0.4, -0.2) is 30.4 Å². The van der Waals surface area contributed by atoms with Gasteiger partial charge < -0.3 is 20.5 Å². The van der Waals surface area contributed by atoms with Crippen molar-refractivity contribution in [2.45, 2.75) is 39.9 Å². The molecule has 0 aliphatic carbocycles. The predicted octanol–water partition coefficient (Wildman–Crippen LogP) is 2.75. The van der Waals surface area contributed by atoms with Gasteiger partial charge in [0.2, 0.25) is 0 Å². The first-order valence-corrected chi connectivity index (χ1v) is 7.41. The molecule has 21 heavy (non-hydrogen) atoms. The molecule has 0 heterocycles. The van der Waals surface area contributed by atoms with Crippen LogP contribution in [0.3, 0.4) is 0 Å². The van der Waals surface area contributed by atoms with E-state index in [1.807, 2.05) is 38.1 Å². The highest BCUT2D eigenvalue weighted by atomic mass is 16.5. The van der Waals surface area contributed by atoms with Crippen molar-refractivity contribution in [3.8, 4) is 0 Å². The number of aliphatic hydroxyl groups excluding tert-OH is 1. The summed E-state index contributed by atoms with van der Waals surface area (Å²) in [5.41, 5.74) is 1.71. The van der Waals surface area contributed by atoms with E-state index in [1.165, 1.54) is 0 Å². The number of urea groups is 1. The number of carbonyl (C=O) groups is 1. The van der Waals surface area contributed by atoms with Crippen molar-refractivity contribution in [2.75, 3.05) is 18.5 Å². The van der Waals surface area contributed by atoms with Gasteiger partial charge >= 0.3 is 6.03 Å². The zero-order valence-electron chi connectivity index (χ0n) is 13.1. The van der Waals surface area contributed by atoms with Crippen LogP contribution in [0.1, 0.15) is 32.8 Å². The predicted molar refractivity (Wildman–Crippen MR) is 84.3 cm³/mol. The Morgan fingerprint density at radius 3 is 2.71 bits per heavy atom. The number of ether oxygens (including phenoxy) is 1. The van der Waals surface area contributed by atoms with Gasteiger partial charge in [0.15, 0.2) is 0 Å². The lowest BCUT2D eigenvalue weighted by molar-refractivity contribution is 0.134. The molecule has 0 aliphatic heterocycles. The van der Waals surface area contributed by atoms with E-state index >= 15 is 0 Å². The Labute approximate surface area is 126 Å². The molecule has 0 bridgehead atoms. The second-order valence-corrected chi connectivity index (χ2v) is 5.32. The lowest BCUT2D eigenvalue weighted by Crippen LogP contribution is -2.33. The third-order valence-electron chi connectivity index (χ3n) is 3.08. The van der Waals surface area contributed by atoms with Crippen LogP contribution in [0.2, 0.25) is 0 Å². The summed E-state index contributed by atoms with van der Waals surface area (Å²) in [5, 5.41) is 15.0. The molecule has 118 valence electrons. The molecule has 1 aromatic rings. The van der Waals surface area contributed by atoms with Crippen LogP contribution < -0.4 is 10.6 Å². The van der Waals surface area contributed by atoms with Gasteiger partial charge in [0.25, 0.3) is 0 Å². The summed E-state index contributed by atoms with van der Waals surface area (Å²) in [6.07, 6.45) is 0.318. The Morgan fingerprint density at radius 2 is 2.05 bits per heavy atom. The number of para-hydroxylation sites is 1. The number of anilines is 1. The van der Waals surface area contributed by atoms with Gasteiger partial charge in [-0.3, -0.25) is 0 Å². The fourth-order valence-corrected chi connectivity index (χ4v) is 2.08. The average molecular weight is 294 g/mol. The summed E-state index contributed by atoms with van der Waals surface area (Å²) in [7, 11) is 0. The average Bonchev–Trinajstić information content (AvgIpc) is 2.43. The molecule has 0 spiro atoms. The number of rotatable bonds is 8. The number of aliphatic hydroxyl groups is 1. The maximum atomic E-state index is 11.9. The Bertz CT molecular complexity index is 435. The third-order valence-corrected chi connectivity index (χ3v) is 3.08. The molecule has 0 aromatic heterocycles. The van der Waals surface area contributed by atoms with E-state index in [4.69, 9.17) is 4.74 Å². The number of amides is 2. The monoisotopic (exact) mass is 294 g/mol. The molecule has 2 amide bonds. The highest BCUT2D eigenvalue weighted by Gasteiger charge is 2.09. The maximum absolute atomic E-state index is 11.9. The maximum Gasteiger partial charge on any atom is 0.319 e. The van der Waals surface area contributed by atoms with Gasteiger partial charge in [-0.1, -0.05) is 25.1 Å². The lowest BCUT2D eigenvalue weighted by atomic mass is 10.1. The quantitative estimate of drug-likeness (QED) is 0.690. The Hall–Kier alpha value is -1.59. The van der Waals surface area contributed by atoms with Crippen molar-refractivity contribution in [3.05, 3.63) is 29.8 Å². The van der Waals surface area contributed by atoms with Crippen LogP contribution in [-0.2, 0) is 11.3 Å². The van der Waals surface area contributed by atoms with Crippen molar-refractivity contribution < 1.29 is 14.6 Å². The molecule has 5 heteroatoms. The van der Waals surface area contributed by atoms with Crippen molar-refractivity contribution >= 4 is 11.7 Å². The van der Waals surface area contributed by atoms with E-state index in [2.05, 4.69) is 10.6 Å². The summed E-state index contributed by atoms with van der Waals surface area (Å²) in [4.78, 5) is 11.9. The topological polar surface area (TPSA) is 70.6 Å². The minimum atomic E-state index is -0.350. The Morgan fingerprint density at radius 1 is 1.33 bits per heavy atom. The highest BCUT2D eigenvalue weighted by molar-refractivity contribution is 5.90. The number of nitrogens with one attached hydrogen (secondary N) is 2. The van der Waals surface area contributed by atoms with Gasteiger partial charge in [-0.2, -0.15) is 0 Å². The summed E-state index contributed by atoms with van der Waals surface area (Å²) >= 11 is 0. The van der Waals surface area contributed by atoms with Crippen molar-refractivity contribution in [1.82, 2.24) is 5.32 Å². The van der Waals surface area contributed by atoms with E-state index in [1.54, 1.807) is 6.92 Å². The summed E-state index contributed by atoms with van der Waals surface area (Å²) in [5.74, 6) is 0.231.